The molecule has 0 bridgehead atoms. The summed E-state index contributed by atoms with van der Waals surface area (Å²) in [5.74, 6) is -7.54. The molecule has 0 N–H and O–H groups in total. The van der Waals surface area contributed by atoms with Crippen LogP contribution in [0.5, 0.6) is 11.5 Å². The predicted molar refractivity (Wildman–Crippen MR) is 81.0 cm³/mol. The number of halogens is 5. The van der Waals surface area contributed by atoms with Crippen molar-refractivity contribution >= 4 is 15.9 Å². The highest BCUT2D eigenvalue weighted by Gasteiger charge is 2.30. The van der Waals surface area contributed by atoms with E-state index in [1.54, 1.807) is 6.07 Å². The third-order valence-electron chi connectivity index (χ3n) is 3.40. The van der Waals surface area contributed by atoms with Gasteiger partial charge in [-0.2, -0.15) is 5.26 Å². The van der Waals surface area contributed by atoms with Gasteiger partial charge in [-0.25, -0.2) is 17.6 Å². The fourth-order valence-corrected chi connectivity index (χ4v) is 2.56. The first-order chi connectivity index (χ1) is 11.4. The molecule has 3 nitrogen and oxygen atoms in total. The molecule has 0 aliphatic rings. The zero-order chi connectivity index (χ0) is 18.0. The van der Waals surface area contributed by atoms with Gasteiger partial charge in [0.25, 0.3) is 0 Å². The summed E-state index contributed by atoms with van der Waals surface area (Å²) in [6, 6.07) is 5.73. The van der Waals surface area contributed by atoms with Crippen molar-refractivity contribution < 1.29 is 27.0 Å². The van der Waals surface area contributed by atoms with Crippen LogP contribution in [0.25, 0.3) is 0 Å². The first kappa shape index (κ1) is 18.1. The number of nitriles is 1. The van der Waals surface area contributed by atoms with Crippen LogP contribution in [0.2, 0.25) is 0 Å². The minimum absolute atomic E-state index is 0.0917. The number of nitrogens with zero attached hydrogens (tertiary/aromatic N) is 1. The Morgan fingerprint density at radius 3 is 1.96 bits per heavy atom. The van der Waals surface area contributed by atoms with E-state index in [-0.39, 0.29) is 11.3 Å². The molecule has 2 aromatic rings. The summed E-state index contributed by atoms with van der Waals surface area (Å²) in [5, 5.41) is 9.31. The standard InChI is InChI=1S/C16H10BrF4NO2/c1-23-9-4-3-7(5-10(9)24-2)8(6-22)11-13(18)15(20)12(17)16(21)14(11)19/h3-5,8H,1-2H3. The molecule has 2 rings (SSSR count). The molecular formula is C16H10BrF4NO2. The monoisotopic (exact) mass is 403 g/mol. The Bertz CT molecular complexity index is 807. The molecule has 24 heavy (non-hydrogen) atoms. The molecular weight excluding hydrogens is 394 g/mol. The number of hydrogen-bond acceptors (Lipinski definition) is 3. The fraction of sp³-hybridized carbons (Fsp3) is 0.188. The smallest absolute Gasteiger partial charge is 0.176 e. The lowest BCUT2D eigenvalue weighted by atomic mass is 9.91. The molecule has 0 saturated heterocycles. The third-order valence-corrected chi connectivity index (χ3v) is 4.10. The molecule has 1 unspecified atom stereocenters. The maximum absolute atomic E-state index is 14.1. The van der Waals surface area contributed by atoms with Gasteiger partial charge in [0, 0.05) is 0 Å². The van der Waals surface area contributed by atoms with Crippen molar-refractivity contribution in [1.29, 1.82) is 5.26 Å². The van der Waals surface area contributed by atoms with Crippen molar-refractivity contribution in [2.45, 2.75) is 5.92 Å². The van der Waals surface area contributed by atoms with E-state index in [0.29, 0.717) is 5.75 Å². The lowest BCUT2D eigenvalue weighted by Crippen LogP contribution is -2.10. The molecule has 0 aromatic heterocycles. The summed E-state index contributed by atoms with van der Waals surface area (Å²) < 4.78 is 64.8. The van der Waals surface area contributed by atoms with Crippen molar-refractivity contribution in [2.75, 3.05) is 14.2 Å². The summed E-state index contributed by atoms with van der Waals surface area (Å²) in [5.41, 5.74) is -0.919. The summed E-state index contributed by atoms with van der Waals surface area (Å²) in [4.78, 5) is 0. The van der Waals surface area contributed by atoms with E-state index in [4.69, 9.17) is 9.47 Å². The Morgan fingerprint density at radius 2 is 1.50 bits per heavy atom. The maximum atomic E-state index is 14.1. The van der Waals surface area contributed by atoms with Crippen molar-refractivity contribution in [2.24, 2.45) is 0 Å². The highest BCUT2D eigenvalue weighted by Crippen LogP contribution is 2.37. The van der Waals surface area contributed by atoms with Crippen LogP contribution in [-0.2, 0) is 0 Å². The first-order valence-electron chi connectivity index (χ1n) is 6.50. The van der Waals surface area contributed by atoms with Crippen molar-refractivity contribution in [1.82, 2.24) is 0 Å². The lowest BCUT2D eigenvalue weighted by Gasteiger charge is -2.16. The number of benzene rings is 2. The number of hydrogen-bond donors (Lipinski definition) is 0. The van der Waals surface area contributed by atoms with Crippen LogP contribution >= 0.6 is 15.9 Å². The summed E-state index contributed by atoms with van der Waals surface area (Å²) in [7, 11) is 2.72. The van der Waals surface area contributed by atoms with Gasteiger partial charge in [0.05, 0.1) is 30.3 Å². The highest BCUT2D eigenvalue weighted by atomic mass is 79.9. The second-order valence-electron chi connectivity index (χ2n) is 4.66. The number of methoxy groups -OCH3 is 2. The molecule has 126 valence electrons. The quantitative estimate of drug-likeness (QED) is 0.422. The molecule has 1 atom stereocenters. The average molecular weight is 404 g/mol. The van der Waals surface area contributed by atoms with Gasteiger partial charge in [0.15, 0.2) is 34.8 Å². The van der Waals surface area contributed by atoms with Gasteiger partial charge < -0.3 is 9.47 Å². The van der Waals surface area contributed by atoms with Gasteiger partial charge >= 0.3 is 0 Å². The number of rotatable bonds is 4. The molecule has 0 amide bonds. The molecule has 0 heterocycles. The SMILES string of the molecule is COc1ccc(C(C#N)c2c(F)c(F)c(Br)c(F)c2F)cc1OC. The second kappa shape index (κ2) is 7.09. The topological polar surface area (TPSA) is 42.2 Å². The van der Waals surface area contributed by atoms with Gasteiger partial charge in [-0.05, 0) is 33.6 Å². The molecule has 0 saturated carbocycles. The first-order valence-corrected chi connectivity index (χ1v) is 7.29. The molecule has 0 radical (unpaired) electrons. The van der Waals surface area contributed by atoms with E-state index in [9.17, 15) is 22.8 Å². The van der Waals surface area contributed by atoms with Crippen LogP contribution in [0.1, 0.15) is 17.0 Å². The Morgan fingerprint density at radius 1 is 0.958 bits per heavy atom. The van der Waals surface area contributed by atoms with Gasteiger partial charge in [0.2, 0.25) is 0 Å². The van der Waals surface area contributed by atoms with Crippen LogP contribution in [0, 0.1) is 34.6 Å². The van der Waals surface area contributed by atoms with E-state index >= 15 is 0 Å². The van der Waals surface area contributed by atoms with E-state index < -0.39 is 39.2 Å². The van der Waals surface area contributed by atoms with Crippen LogP contribution in [0.3, 0.4) is 0 Å². The zero-order valence-corrected chi connectivity index (χ0v) is 14.0. The Labute approximate surface area is 143 Å². The molecule has 0 aliphatic carbocycles. The molecule has 0 fully saturated rings. The lowest BCUT2D eigenvalue weighted by molar-refractivity contribution is 0.354. The Kier molecular flexibility index (Phi) is 5.34. The predicted octanol–water partition coefficient (Wildman–Crippen LogP) is 4.68. The fourth-order valence-electron chi connectivity index (χ4n) is 2.21. The largest absolute Gasteiger partial charge is 0.493 e. The van der Waals surface area contributed by atoms with Crippen LogP contribution in [0.4, 0.5) is 17.6 Å². The molecule has 0 aliphatic heterocycles. The molecule has 2 aromatic carbocycles. The second-order valence-corrected chi connectivity index (χ2v) is 5.45. The van der Waals surface area contributed by atoms with Crippen molar-refractivity contribution in [3.63, 3.8) is 0 Å². The van der Waals surface area contributed by atoms with Gasteiger partial charge in [-0.15, -0.1) is 0 Å². The van der Waals surface area contributed by atoms with E-state index in [1.165, 1.54) is 32.4 Å². The van der Waals surface area contributed by atoms with Crippen LogP contribution in [0.15, 0.2) is 22.7 Å². The molecule has 8 heteroatoms. The van der Waals surface area contributed by atoms with Gasteiger partial charge in [-0.1, -0.05) is 6.07 Å². The minimum Gasteiger partial charge on any atom is -0.493 e. The number of ether oxygens (including phenoxy) is 2. The molecule has 0 spiro atoms. The van der Waals surface area contributed by atoms with Crippen LogP contribution in [-0.4, -0.2) is 14.2 Å². The highest BCUT2D eigenvalue weighted by molar-refractivity contribution is 9.10. The van der Waals surface area contributed by atoms with Crippen molar-refractivity contribution in [3.05, 3.63) is 57.1 Å². The van der Waals surface area contributed by atoms with Crippen LogP contribution < -0.4 is 9.47 Å². The Hall–Kier alpha value is -2.27. The van der Waals surface area contributed by atoms with E-state index in [0.717, 1.165) is 0 Å². The maximum Gasteiger partial charge on any atom is 0.176 e. The summed E-state index contributed by atoms with van der Waals surface area (Å²) >= 11 is 2.43. The Balaban J connectivity index is 2.69. The van der Waals surface area contributed by atoms with Crippen molar-refractivity contribution in [3.8, 4) is 17.6 Å². The zero-order valence-electron chi connectivity index (χ0n) is 12.5. The summed E-state index contributed by atoms with van der Waals surface area (Å²) in [6.45, 7) is 0. The summed E-state index contributed by atoms with van der Waals surface area (Å²) in [6.07, 6.45) is 0. The average Bonchev–Trinajstić information content (AvgIpc) is 2.61. The van der Waals surface area contributed by atoms with Gasteiger partial charge in [-0.3, -0.25) is 0 Å². The van der Waals surface area contributed by atoms with E-state index in [2.05, 4.69) is 15.9 Å². The normalized spacial score (nSPS) is 11.8. The third kappa shape index (κ3) is 2.91. The van der Waals surface area contributed by atoms with E-state index in [1.807, 2.05) is 0 Å². The minimum atomic E-state index is -1.64. The van der Waals surface area contributed by atoms with Gasteiger partial charge in [0.1, 0.15) is 5.92 Å².